The Morgan fingerprint density at radius 3 is 2.64 bits per heavy atom. The van der Waals surface area contributed by atoms with Gasteiger partial charge < -0.3 is 4.52 Å². The summed E-state index contributed by atoms with van der Waals surface area (Å²) in [5.74, 6) is 2.13. The standard InChI is InChI=1S/C10H17ClN2O/c1-10(2,3)7-8-12-9(14-13-8)5-4-6-11/h4-7H2,1-3H3. The molecular formula is C10H17ClN2O. The van der Waals surface area contributed by atoms with Crippen molar-refractivity contribution in [1.82, 2.24) is 10.1 Å². The fraction of sp³-hybridized carbons (Fsp3) is 0.800. The summed E-state index contributed by atoms with van der Waals surface area (Å²) in [5.41, 5.74) is 0.202. The quantitative estimate of drug-likeness (QED) is 0.727. The minimum atomic E-state index is 0.202. The monoisotopic (exact) mass is 216 g/mol. The minimum Gasteiger partial charge on any atom is -0.339 e. The van der Waals surface area contributed by atoms with Gasteiger partial charge in [-0.1, -0.05) is 25.9 Å². The lowest BCUT2D eigenvalue weighted by Gasteiger charge is -2.14. The number of rotatable bonds is 4. The van der Waals surface area contributed by atoms with E-state index in [9.17, 15) is 0 Å². The van der Waals surface area contributed by atoms with Gasteiger partial charge in [-0.2, -0.15) is 4.98 Å². The Labute approximate surface area is 89.8 Å². The second kappa shape index (κ2) is 4.78. The van der Waals surface area contributed by atoms with Crippen molar-refractivity contribution in [2.24, 2.45) is 5.41 Å². The van der Waals surface area contributed by atoms with Crippen molar-refractivity contribution in [3.63, 3.8) is 0 Å². The van der Waals surface area contributed by atoms with Crippen molar-refractivity contribution in [2.45, 2.75) is 40.0 Å². The van der Waals surface area contributed by atoms with Gasteiger partial charge in [-0.3, -0.25) is 0 Å². The normalized spacial score (nSPS) is 12.0. The fourth-order valence-electron chi connectivity index (χ4n) is 1.16. The molecule has 80 valence electrons. The summed E-state index contributed by atoms with van der Waals surface area (Å²) >= 11 is 5.57. The Hall–Kier alpha value is -0.570. The van der Waals surface area contributed by atoms with Crippen LogP contribution in [0.15, 0.2) is 4.52 Å². The lowest BCUT2D eigenvalue weighted by Crippen LogP contribution is -2.10. The lowest BCUT2D eigenvalue weighted by molar-refractivity contribution is 0.354. The molecule has 0 aliphatic heterocycles. The Morgan fingerprint density at radius 2 is 2.07 bits per heavy atom. The van der Waals surface area contributed by atoms with E-state index in [0.717, 1.165) is 25.1 Å². The van der Waals surface area contributed by atoms with Crippen molar-refractivity contribution in [1.29, 1.82) is 0 Å². The highest BCUT2D eigenvalue weighted by molar-refractivity contribution is 6.17. The maximum Gasteiger partial charge on any atom is 0.226 e. The molecule has 0 radical (unpaired) electrons. The summed E-state index contributed by atoms with van der Waals surface area (Å²) in [5, 5.41) is 3.93. The van der Waals surface area contributed by atoms with E-state index in [0.29, 0.717) is 11.8 Å². The zero-order chi connectivity index (χ0) is 10.6. The molecule has 4 heteroatoms. The maximum absolute atomic E-state index is 5.57. The predicted octanol–water partition coefficient (Wildman–Crippen LogP) is 2.83. The molecule has 14 heavy (non-hydrogen) atoms. The van der Waals surface area contributed by atoms with Crippen LogP contribution >= 0.6 is 11.6 Å². The average Bonchev–Trinajstić information content (AvgIpc) is 2.46. The summed E-state index contributed by atoms with van der Waals surface area (Å²) in [4.78, 5) is 4.30. The zero-order valence-corrected chi connectivity index (χ0v) is 9.76. The van der Waals surface area contributed by atoms with Crippen LogP contribution in [0.1, 0.15) is 38.9 Å². The van der Waals surface area contributed by atoms with Crippen LogP contribution in [0, 0.1) is 5.41 Å². The van der Waals surface area contributed by atoms with Crippen LogP contribution in [0.2, 0.25) is 0 Å². The van der Waals surface area contributed by atoms with Gasteiger partial charge in [0, 0.05) is 18.7 Å². The van der Waals surface area contributed by atoms with Gasteiger partial charge in [0.2, 0.25) is 5.89 Å². The highest BCUT2D eigenvalue weighted by Gasteiger charge is 2.15. The molecular weight excluding hydrogens is 200 g/mol. The molecule has 1 rings (SSSR count). The van der Waals surface area contributed by atoms with Gasteiger partial charge >= 0.3 is 0 Å². The zero-order valence-electron chi connectivity index (χ0n) is 9.01. The third-order valence-corrected chi connectivity index (χ3v) is 1.99. The molecule has 0 atom stereocenters. The summed E-state index contributed by atoms with van der Waals surface area (Å²) in [6.07, 6.45) is 2.51. The molecule has 0 bridgehead atoms. The molecule has 0 aliphatic rings. The van der Waals surface area contributed by atoms with Crippen LogP contribution < -0.4 is 0 Å². The second-order valence-electron chi connectivity index (χ2n) is 4.63. The Balaban J connectivity index is 2.51. The highest BCUT2D eigenvalue weighted by atomic mass is 35.5. The van der Waals surface area contributed by atoms with Crippen LogP contribution in [-0.4, -0.2) is 16.0 Å². The van der Waals surface area contributed by atoms with Gasteiger partial charge in [0.1, 0.15) is 0 Å². The number of nitrogens with zero attached hydrogens (tertiary/aromatic N) is 2. The van der Waals surface area contributed by atoms with E-state index >= 15 is 0 Å². The molecule has 0 unspecified atom stereocenters. The van der Waals surface area contributed by atoms with Crippen molar-refractivity contribution in [3.8, 4) is 0 Å². The molecule has 0 N–H and O–H groups in total. The summed E-state index contributed by atoms with van der Waals surface area (Å²) in [6, 6.07) is 0. The number of alkyl halides is 1. The summed E-state index contributed by atoms with van der Waals surface area (Å²) in [6.45, 7) is 6.46. The first-order valence-electron chi connectivity index (χ1n) is 4.89. The van der Waals surface area contributed by atoms with Crippen molar-refractivity contribution in [2.75, 3.05) is 5.88 Å². The SMILES string of the molecule is CC(C)(C)Cc1noc(CCCCl)n1. The third kappa shape index (κ3) is 4.09. The number of aryl methyl sites for hydroxylation is 1. The van der Waals surface area contributed by atoms with Crippen LogP contribution in [-0.2, 0) is 12.8 Å². The Kier molecular flexibility index (Phi) is 3.93. The minimum absolute atomic E-state index is 0.202. The molecule has 0 saturated heterocycles. The van der Waals surface area contributed by atoms with Gasteiger partial charge in [-0.25, -0.2) is 0 Å². The largest absolute Gasteiger partial charge is 0.339 e. The number of halogens is 1. The smallest absolute Gasteiger partial charge is 0.226 e. The number of hydrogen-bond donors (Lipinski definition) is 0. The first-order valence-corrected chi connectivity index (χ1v) is 5.42. The van der Waals surface area contributed by atoms with E-state index in [1.807, 2.05) is 0 Å². The molecule has 1 aromatic rings. The molecule has 0 spiro atoms. The number of aromatic nitrogens is 2. The topological polar surface area (TPSA) is 38.9 Å². The van der Waals surface area contributed by atoms with Crippen molar-refractivity contribution < 1.29 is 4.52 Å². The summed E-state index contributed by atoms with van der Waals surface area (Å²) in [7, 11) is 0. The van der Waals surface area contributed by atoms with Gasteiger partial charge in [0.05, 0.1) is 0 Å². The predicted molar refractivity (Wildman–Crippen MR) is 56.5 cm³/mol. The van der Waals surface area contributed by atoms with E-state index in [1.54, 1.807) is 0 Å². The molecule has 0 amide bonds. The van der Waals surface area contributed by atoms with Gasteiger partial charge in [0.25, 0.3) is 0 Å². The Morgan fingerprint density at radius 1 is 1.36 bits per heavy atom. The van der Waals surface area contributed by atoms with Gasteiger partial charge in [-0.05, 0) is 11.8 Å². The van der Waals surface area contributed by atoms with Crippen LogP contribution in [0.25, 0.3) is 0 Å². The van der Waals surface area contributed by atoms with Crippen molar-refractivity contribution >= 4 is 11.6 Å². The lowest BCUT2D eigenvalue weighted by atomic mass is 9.92. The summed E-state index contributed by atoms with van der Waals surface area (Å²) < 4.78 is 5.09. The molecule has 3 nitrogen and oxygen atoms in total. The molecule has 0 aromatic carbocycles. The van der Waals surface area contributed by atoms with Crippen LogP contribution in [0.3, 0.4) is 0 Å². The molecule has 0 fully saturated rings. The number of hydrogen-bond acceptors (Lipinski definition) is 3. The first kappa shape index (κ1) is 11.5. The maximum atomic E-state index is 5.57. The Bertz CT molecular complexity index is 278. The van der Waals surface area contributed by atoms with Crippen LogP contribution in [0.5, 0.6) is 0 Å². The molecule has 0 saturated carbocycles. The highest BCUT2D eigenvalue weighted by Crippen LogP contribution is 2.18. The third-order valence-electron chi connectivity index (χ3n) is 1.72. The fourth-order valence-corrected chi connectivity index (χ4v) is 1.29. The van der Waals surface area contributed by atoms with E-state index in [4.69, 9.17) is 16.1 Å². The van der Waals surface area contributed by atoms with E-state index in [-0.39, 0.29) is 5.41 Å². The van der Waals surface area contributed by atoms with Crippen LogP contribution in [0.4, 0.5) is 0 Å². The van der Waals surface area contributed by atoms with E-state index in [2.05, 4.69) is 30.9 Å². The average molecular weight is 217 g/mol. The second-order valence-corrected chi connectivity index (χ2v) is 5.01. The van der Waals surface area contributed by atoms with Crippen molar-refractivity contribution in [3.05, 3.63) is 11.7 Å². The van der Waals surface area contributed by atoms with Gasteiger partial charge in [0.15, 0.2) is 5.82 Å². The molecule has 1 heterocycles. The van der Waals surface area contributed by atoms with E-state index in [1.165, 1.54) is 0 Å². The molecule has 0 aliphatic carbocycles. The van der Waals surface area contributed by atoms with Gasteiger partial charge in [-0.15, -0.1) is 11.6 Å². The van der Waals surface area contributed by atoms with E-state index < -0.39 is 0 Å². The molecule has 1 aromatic heterocycles. The first-order chi connectivity index (χ1) is 6.51.